The van der Waals surface area contributed by atoms with Gasteiger partial charge in [-0.05, 0) is 17.1 Å². The number of pyridine rings is 1. The average Bonchev–Trinajstić information content (AvgIpc) is 2.93. The first-order chi connectivity index (χ1) is 9.75. The van der Waals surface area contributed by atoms with E-state index < -0.39 is 4.92 Å². The van der Waals surface area contributed by atoms with Gasteiger partial charge in [0, 0.05) is 17.3 Å². The molecule has 7 nitrogen and oxygen atoms in total. The molecule has 20 heavy (non-hydrogen) atoms. The number of para-hydroxylation sites is 1. The van der Waals surface area contributed by atoms with Gasteiger partial charge in [0.25, 0.3) is 0 Å². The number of aromatic nitrogens is 3. The Morgan fingerprint density at radius 2 is 2.05 bits per heavy atom. The van der Waals surface area contributed by atoms with Gasteiger partial charge in [0.1, 0.15) is 19.1 Å². The van der Waals surface area contributed by atoms with E-state index in [0.29, 0.717) is 0 Å². The van der Waals surface area contributed by atoms with Crippen LogP contribution in [0.3, 0.4) is 0 Å². The summed E-state index contributed by atoms with van der Waals surface area (Å²) < 4.78 is 1.44. The molecule has 0 saturated heterocycles. The first-order valence-electron chi connectivity index (χ1n) is 5.99. The SMILES string of the molecule is O=[N+]([O-])c1nccn1CNc1ccnc2ccccc12. The first-order valence-corrected chi connectivity index (χ1v) is 5.99. The molecule has 100 valence electrons. The van der Waals surface area contributed by atoms with Gasteiger partial charge in [-0.1, -0.05) is 23.2 Å². The normalized spacial score (nSPS) is 10.6. The van der Waals surface area contributed by atoms with E-state index in [1.807, 2.05) is 30.3 Å². The van der Waals surface area contributed by atoms with E-state index in [4.69, 9.17) is 0 Å². The Hall–Kier alpha value is -2.96. The van der Waals surface area contributed by atoms with E-state index in [2.05, 4.69) is 15.3 Å². The van der Waals surface area contributed by atoms with Crippen LogP contribution >= 0.6 is 0 Å². The molecule has 0 atom stereocenters. The number of hydrogen-bond donors (Lipinski definition) is 1. The van der Waals surface area contributed by atoms with Gasteiger partial charge in [-0.15, -0.1) is 0 Å². The van der Waals surface area contributed by atoms with Crippen molar-refractivity contribution >= 4 is 22.5 Å². The summed E-state index contributed by atoms with van der Waals surface area (Å²) in [6.45, 7) is 0.268. The van der Waals surface area contributed by atoms with Crippen LogP contribution in [0, 0.1) is 10.1 Å². The molecule has 7 heteroatoms. The predicted molar refractivity (Wildman–Crippen MR) is 74.2 cm³/mol. The monoisotopic (exact) mass is 269 g/mol. The van der Waals surface area contributed by atoms with Crippen LogP contribution in [0.5, 0.6) is 0 Å². The van der Waals surface area contributed by atoms with Crippen molar-refractivity contribution in [1.29, 1.82) is 0 Å². The fourth-order valence-corrected chi connectivity index (χ4v) is 2.02. The summed E-state index contributed by atoms with van der Waals surface area (Å²) in [7, 11) is 0. The zero-order valence-corrected chi connectivity index (χ0v) is 10.4. The molecule has 0 aliphatic carbocycles. The summed E-state index contributed by atoms with van der Waals surface area (Å²) in [6, 6.07) is 9.55. The zero-order valence-electron chi connectivity index (χ0n) is 10.4. The number of rotatable bonds is 4. The Kier molecular flexibility index (Phi) is 3.00. The lowest BCUT2D eigenvalue weighted by atomic mass is 10.2. The molecule has 0 spiro atoms. The molecule has 0 saturated carbocycles. The lowest BCUT2D eigenvalue weighted by molar-refractivity contribution is -0.396. The number of imidazole rings is 1. The third-order valence-electron chi connectivity index (χ3n) is 2.95. The molecule has 2 heterocycles. The Bertz CT molecular complexity index is 763. The molecule has 0 unspecified atom stereocenters. The van der Waals surface area contributed by atoms with Crippen molar-refractivity contribution in [1.82, 2.24) is 14.5 Å². The Morgan fingerprint density at radius 3 is 2.90 bits per heavy atom. The highest BCUT2D eigenvalue weighted by Crippen LogP contribution is 2.21. The lowest BCUT2D eigenvalue weighted by Crippen LogP contribution is -2.10. The number of hydrogen-bond acceptors (Lipinski definition) is 5. The molecule has 0 bridgehead atoms. The van der Waals surface area contributed by atoms with Crippen molar-refractivity contribution in [3.8, 4) is 0 Å². The minimum absolute atomic E-state index is 0.184. The van der Waals surface area contributed by atoms with E-state index in [-0.39, 0.29) is 12.6 Å². The van der Waals surface area contributed by atoms with E-state index in [1.165, 1.54) is 10.8 Å². The Labute approximate surface area is 114 Å². The predicted octanol–water partition coefficient (Wildman–Crippen LogP) is 2.41. The van der Waals surface area contributed by atoms with E-state index in [1.54, 1.807) is 12.4 Å². The van der Waals surface area contributed by atoms with Crippen molar-refractivity contribution in [2.45, 2.75) is 6.67 Å². The van der Waals surface area contributed by atoms with Crippen LogP contribution in [0.25, 0.3) is 10.9 Å². The molecule has 0 fully saturated rings. The fourth-order valence-electron chi connectivity index (χ4n) is 2.02. The maximum absolute atomic E-state index is 10.8. The molecule has 1 aromatic carbocycles. The first kappa shape index (κ1) is 12.1. The van der Waals surface area contributed by atoms with Gasteiger partial charge in [0.15, 0.2) is 0 Å². The maximum Gasteiger partial charge on any atom is 0.436 e. The van der Waals surface area contributed by atoms with Crippen LogP contribution < -0.4 is 5.32 Å². The fraction of sp³-hybridized carbons (Fsp3) is 0.0769. The number of benzene rings is 1. The van der Waals surface area contributed by atoms with Gasteiger partial charge in [0.2, 0.25) is 0 Å². The second-order valence-electron chi connectivity index (χ2n) is 4.16. The molecule has 1 N–H and O–H groups in total. The molecule has 0 aliphatic rings. The summed E-state index contributed by atoms with van der Waals surface area (Å²) in [6.07, 6.45) is 4.67. The summed E-state index contributed by atoms with van der Waals surface area (Å²) in [5.74, 6) is -0.184. The molecule has 0 amide bonds. The van der Waals surface area contributed by atoms with Crippen LogP contribution in [-0.2, 0) is 6.67 Å². The van der Waals surface area contributed by atoms with E-state index in [9.17, 15) is 10.1 Å². The number of nitro groups is 1. The summed E-state index contributed by atoms with van der Waals surface area (Å²) in [5, 5.41) is 14.9. The third kappa shape index (κ3) is 2.16. The van der Waals surface area contributed by atoms with Crippen LogP contribution in [0.15, 0.2) is 48.9 Å². The number of anilines is 1. The smallest absolute Gasteiger partial charge is 0.390 e. The second-order valence-corrected chi connectivity index (χ2v) is 4.16. The minimum atomic E-state index is -0.508. The highest BCUT2D eigenvalue weighted by molar-refractivity contribution is 5.90. The lowest BCUT2D eigenvalue weighted by Gasteiger charge is -2.08. The number of fused-ring (bicyclic) bond motifs is 1. The van der Waals surface area contributed by atoms with Crippen molar-refractivity contribution in [3.05, 3.63) is 59.0 Å². The van der Waals surface area contributed by atoms with E-state index in [0.717, 1.165) is 16.6 Å². The van der Waals surface area contributed by atoms with Gasteiger partial charge in [0.05, 0.1) is 5.52 Å². The number of nitrogens with one attached hydrogen (secondary N) is 1. The van der Waals surface area contributed by atoms with Crippen molar-refractivity contribution < 1.29 is 4.92 Å². The summed E-state index contributed by atoms with van der Waals surface area (Å²) in [5.41, 5.74) is 1.75. The van der Waals surface area contributed by atoms with Gasteiger partial charge < -0.3 is 15.4 Å². The molecular formula is C13H11N5O2. The van der Waals surface area contributed by atoms with Gasteiger partial charge in [-0.3, -0.25) is 4.98 Å². The van der Waals surface area contributed by atoms with Crippen molar-refractivity contribution in [2.75, 3.05) is 5.32 Å². The summed E-state index contributed by atoms with van der Waals surface area (Å²) in [4.78, 5) is 18.3. The molecular weight excluding hydrogens is 258 g/mol. The minimum Gasteiger partial charge on any atom is -0.390 e. The summed E-state index contributed by atoms with van der Waals surface area (Å²) >= 11 is 0. The van der Waals surface area contributed by atoms with E-state index >= 15 is 0 Å². The van der Waals surface area contributed by atoms with Crippen LogP contribution in [0.2, 0.25) is 0 Å². The maximum atomic E-state index is 10.8. The Morgan fingerprint density at radius 1 is 1.20 bits per heavy atom. The van der Waals surface area contributed by atoms with Gasteiger partial charge in [-0.2, -0.15) is 0 Å². The molecule has 3 aromatic rings. The standard InChI is InChI=1S/C13H11N5O2/c19-18(20)13-15-7-8-17(13)9-16-12-5-6-14-11-4-2-1-3-10(11)12/h1-8H,9H2,(H,14,16). The molecule has 0 radical (unpaired) electrons. The second kappa shape index (κ2) is 4.96. The van der Waals surface area contributed by atoms with Crippen molar-refractivity contribution in [3.63, 3.8) is 0 Å². The van der Waals surface area contributed by atoms with Crippen LogP contribution in [0.4, 0.5) is 11.6 Å². The highest BCUT2D eigenvalue weighted by Gasteiger charge is 2.13. The quantitative estimate of drug-likeness (QED) is 0.580. The van der Waals surface area contributed by atoms with Crippen molar-refractivity contribution in [2.24, 2.45) is 0 Å². The van der Waals surface area contributed by atoms with Crippen LogP contribution in [-0.4, -0.2) is 19.5 Å². The molecule has 3 rings (SSSR count). The topological polar surface area (TPSA) is 85.9 Å². The largest absolute Gasteiger partial charge is 0.436 e. The van der Waals surface area contributed by atoms with Crippen LogP contribution in [0.1, 0.15) is 0 Å². The zero-order chi connectivity index (χ0) is 13.9. The number of nitrogens with zero attached hydrogens (tertiary/aromatic N) is 4. The Balaban J connectivity index is 1.87. The molecule has 0 aliphatic heterocycles. The third-order valence-corrected chi connectivity index (χ3v) is 2.95. The average molecular weight is 269 g/mol. The van der Waals surface area contributed by atoms with Gasteiger partial charge >= 0.3 is 5.95 Å². The molecule has 2 aromatic heterocycles. The highest BCUT2D eigenvalue weighted by atomic mass is 16.6. The van der Waals surface area contributed by atoms with Gasteiger partial charge in [-0.25, -0.2) is 4.57 Å².